The van der Waals surface area contributed by atoms with Crippen LogP contribution in [0.3, 0.4) is 0 Å². The Balaban J connectivity index is 2.32. The Kier molecular flexibility index (Phi) is 3.06. The minimum Gasteiger partial charge on any atom is -0.344 e. The summed E-state index contributed by atoms with van der Waals surface area (Å²) in [6.45, 7) is 4.57. The zero-order valence-electron chi connectivity index (χ0n) is 11.5. The number of nitrogens with one attached hydrogen (secondary N) is 1. The van der Waals surface area contributed by atoms with E-state index >= 15 is 0 Å². The standard InChI is InChI=1S/C13H15N3O2S2/c1-6-7(2)20-10-9(6)12(18)16(13(19)14-10)8-4-5-15(3)11(8)17/h8H,4-5H2,1-3H3,(H,14,19). The van der Waals surface area contributed by atoms with Crippen molar-refractivity contribution in [2.75, 3.05) is 13.6 Å². The van der Waals surface area contributed by atoms with Crippen molar-refractivity contribution in [2.24, 2.45) is 0 Å². The molecule has 1 amide bonds. The van der Waals surface area contributed by atoms with Crippen molar-refractivity contribution in [1.82, 2.24) is 14.5 Å². The lowest BCUT2D eigenvalue weighted by Crippen LogP contribution is -2.32. The van der Waals surface area contributed by atoms with Gasteiger partial charge < -0.3 is 9.88 Å². The first-order chi connectivity index (χ1) is 9.41. The summed E-state index contributed by atoms with van der Waals surface area (Å²) in [7, 11) is 1.75. The Morgan fingerprint density at radius 3 is 2.65 bits per heavy atom. The number of hydrogen-bond acceptors (Lipinski definition) is 4. The molecule has 20 heavy (non-hydrogen) atoms. The average molecular weight is 309 g/mol. The second-order valence-electron chi connectivity index (χ2n) is 5.16. The van der Waals surface area contributed by atoms with E-state index < -0.39 is 6.04 Å². The Hall–Kier alpha value is -1.47. The van der Waals surface area contributed by atoms with Crippen LogP contribution in [0.5, 0.6) is 0 Å². The average Bonchev–Trinajstić information content (AvgIpc) is 2.84. The summed E-state index contributed by atoms with van der Waals surface area (Å²) in [5.74, 6) is -0.0458. The topological polar surface area (TPSA) is 58.1 Å². The van der Waals surface area contributed by atoms with Gasteiger partial charge in [0, 0.05) is 18.5 Å². The Bertz CT molecular complexity index is 830. The molecule has 0 saturated carbocycles. The molecule has 1 atom stereocenters. The van der Waals surface area contributed by atoms with Gasteiger partial charge >= 0.3 is 0 Å². The highest BCUT2D eigenvalue weighted by Gasteiger charge is 2.32. The first-order valence-corrected chi connectivity index (χ1v) is 7.63. The third-order valence-corrected chi connectivity index (χ3v) is 5.39. The largest absolute Gasteiger partial charge is 0.344 e. The van der Waals surface area contributed by atoms with E-state index in [-0.39, 0.29) is 11.5 Å². The zero-order valence-corrected chi connectivity index (χ0v) is 13.2. The molecule has 0 spiro atoms. The van der Waals surface area contributed by atoms with Gasteiger partial charge in [0.1, 0.15) is 10.9 Å². The van der Waals surface area contributed by atoms with Crippen molar-refractivity contribution in [1.29, 1.82) is 0 Å². The summed E-state index contributed by atoms with van der Waals surface area (Å²) in [5.41, 5.74) is 0.813. The number of aromatic amines is 1. The van der Waals surface area contributed by atoms with Gasteiger partial charge in [-0.2, -0.15) is 0 Å². The number of rotatable bonds is 1. The van der Waals surface area contributed by atoms with E-state index in [0.29, 0.717) is 23.1 Å². The fraction of sp³-hybridized carbons (Fsp3) is 0.462. The summed E-state index contributed by atoms with van der Waals surface area (Å²) in [5, 5.41) is 0.656. The van der Waals surface area contributed by atoms with Gasteiger partial charge in [0.2, 0.25) is 5.91 Å². The van der Waals surface area contributed by atoms with E-state index in [2.05, 4.69) is 4.98 Å². The number of aryl methyl sites for hydroxylation is 2. The third-order valence-electron chi connectivity index (χ3n) is 3.97. The molecule has 3 rings (SSSR count). The molecule has 0 aromatic carbocycles. The van der Waals surface area contributed by atoms with Crippen molar-refractivity contribution in [3.8, 4) is 0 Å². The predicted octanol–water partition coefficient (Wildman–Crippen LogP) is 2.14. The monoisotopic (exact) mass is 309 g/mol. The van der Waals surface area contributed by atoms with Crippen LogP contribution in [0.25, 0.3) is 10.2 Å². The molecule has 1 N–H and O–H groups in total. The van der Waals surface area contributed by atoms with Crippen LogP contribution in [0.2, 0.25) is 0 Å². The first-order valence-electron chi connectivity index (χ1n) is 6.41. The van der Waals surface area contributed by atoms with Crippen molar-refractivity contribution in [3.63, 3.8) is 0 Å². The lowest BCUT2D eigenvalue weighted by molar-refractivity contribution is -0.129. The van der Waals surface area contributed by atoms with Crippen molar-refractivity contribution in [3.05, 3.63) is 25.6 Å². The van der Waals surface area contributed by atoms with Gasteiger partial charge in [-0.15, -0.1) is 11.3 Å². The Labute approximate surface area is 124 Å². The molecule has 2 aromatic heterocycles. The lowest BCUT2D eigenvalue weighted by atomic mass is 10.2. The third kappa shape index (κ3) is 1.76. The minimum atomic E-state index is -0.472. The van der Waals surface area contributed by atoms with E-state index in [0.717, 1.165) is 15.3 Å². The number of hydrogen-bond donors (Lipinski definition) is 1. The maximum absolute atomic E-state index is 12.7. The molecular weight excluding hydrogens is 294 g/mol. The molecule has 2 aromatic rings. The smallest absolute Gasteiger partial charge is 0.264 e. The SMILES string of the molecule is Cc1sc2[nH]c(=S)n(C3CCN(C)C3=O)c(=O)c2c1C. The number of likely N-dealkylation sites (tertiary alicyclic amines) is 1. The van der Waals surface area contributed by atoms with E-state index in [1.807, 2.05) is 13.8 Å². The number of amides is 1. The molecule has 1 saturated heterocycles. The molecule has 0 aliphatic carbocycles. The fourth-order valence-electron chi connectivity index (χ4n) is 2.67. The number of thiophene rings is 1. The molecular formula is C13H15N3O2S2. The van der Waals surface area contributed by atoms with Crippen LogP contribution in [-0.4, -0.2) is 34.0 Å². The van der Waals surface area contributed by atoms with Gasteiger partial charge in [0.25, 0.3) is 5.56 Å². The lowest BCUT2D eigenvalue weighted by Gasteiger charge is -2.13. The summed E-state index contributed by atoms with van der Waals surface area (Å²) < 4.78 is 1.78. The van der Waals surface area contributed by atoms with Gasteiger partial charge in [-0.3, -0.25) is 14.2 Å². The molecule has 0 bridgehead atoms. The van der Waals surface area contributed by atoms with E-state index in [1.54, 1.807) is 11.9 Å². The molecule has 5 nitrogen and oxygen atoms in total. The molecule has 7 heteroatoms. The number of likely N-dealkylation sites (N-methyl/N-ethyl adjacent to an activating group) is 1. The highest BCUT2D eigenvalue weighted by Crippen LogP contribution is 2.27. The molecule has 3 heterocycles. The zero-order chi connectivity index (χ0) is 14.6. The predicted molar refractivity (Wildman–Crippen MR) is 82.0 cm³/mol. The summed E-state index contributed by atoms with van der Waals surface area (Å²) in [6.07, 6.45) is 0.625. The number of H-pyrrole nitrogens is 1. The molecule has 0 radical (unpaired) electrons. The molecule has 1 aliphatic rings. The number of aromatic nitrogens is 2. The van der Waals surface area contributed by atoms with Crippen molar-refractivity contribution < 1.29 is 4.79 Å². The van der Waals surface area contributed by atoms with Gasteiger partial charge in [-0.1, -0.05) is 0 Å². The molecule has 1 fully saturated rings. The number of carbonyl (C=O) groups excluding carboxylic acids is 1. The molecule has 106 valence electrons. The normalized spacial score (nSPS) is 19.2. The minimum absolute atomic E-state index is 0.0458. The highest BCUT2D eigenvalue weighted by molar-refractivity contribution is 7.71. The van der Waals surface area contributed by atoms with Gasteiger partial charge in [-0.05, 0) is 38.0 Å². The van der Waals surface area contributed by atoms with Gasteiger partial charge in [-0.25, -0.2) is 0 Å². The van der Waals surface area contributed by atoms with E-state index in [4.69, 9.17) is 12.2 Å². The van der Waals surface area contributed by atoms with Crippen molar-refractivity contribution >= 4 is 39.7 Å². The fourth-order valence-corrected chi connectivity index (χ4v) is 4.10. The second kappa shape index (κ2) is 4.53. The number of carbonyl (C=O) groups is 1. The quantitative estimate of drug-likeness (QED) is 0.821. The van der Waals surface area contributed by atoms with Crippen LogP contribution in [0.4, 0.5) is 0 Å². The molecule has 1 unspecified atom stereocenters. The van der Waals surface area contributed by atoms with E-state index in [9.17, 15) is 9.59 Å². The summed E-state index contributed by atoms with van der Waals surface area (Å²) in [6, 6.07) is -0.472. The van der Waals surface area contributed by atoms with Crippen LogP contribution in [0.15, 0.2) is 4.79 Å². The Morgan fingerprint density at radius 2 is 2.05 bits per heavy atom. The van der Waals surface area contributed by atoms with Gasteiger partial charge in [0.05, 0.1) is 5.39 Å². The van der Waals surface area contributed by atoms with Crippen molar-refractivity contribution in [2.45, 2.75) is 26.3 Å². The highest BCUT2D eigenvalue weighted by atomic mass is 32.1. The summed E-state index contributed by atoms with van der Waals surface area (Å²) in [4.78, 5) is 31.5. The van der Waals surface area contributed by atoms with Gasteiger partial charge in [0.15, 0.2) is 4.77 Å². The van der Waals surface area contributed by atoms with Crippen LogP contribution in [0.1, 0.15) is 22.9 Å². The first kappa shape index (κ1) is 13.5. The maximum Gasteiger partial charge on any atom is 0.264 e. The van der Waals surface area contributed by atoms with Crippen LogP contribution in [0, 0.1) is 18.6 Å². The van der Waals surface area contributed by atoms with Crippen LogP contribution < -0.4 is 5.56 Å². The number of fused-ring (bicyclic) bond motifs is 1. The maximum atomic E-state index is 12.7. The Morgan fingerprint density at radius 1 is 1.35 bits per heavy atom. The number of nitrogens with zero attached hydrogens (tertiary/aromatic N) is 2. The van der Waals surface area contributed by atoms with Crippen LogP contribution in [-0.2, 0) is 4.79 Å². The summed E-state index contributed by atoms with van der Waals surface area (Å²) >= 11 is 6.82. The molecule has 1 aliphatic heterocycles. The van der Waals surface area contributed by atoms with E-state index in [1.165, 1.54) is 15.9 Å². The second-order valence-corrected chi connectivity index (χ2v) is 6.77. The van der Waals surface area contributed by atoms with Crippen LogP contribution >= 0.6 is 23.6 Å².